The van der Waals surface area contributed by atoms with Gasteiger partial charge in [-0.3, -0.25) is 4.79 Å². The second-order valence-corrected chi connectivity index (χ2v) is 3.70. The summed E-state index contributed by atoms with van der Waals surface area (Å²) in [6.45, 7) is 4.02. The Labute approximate surface area is 88.5 Å². The van der Waals surface area contributed by atoms with Gasteiger partial charge in [-0.2, -0.15) is 0 Å². The standard InChI is InChI=1S/C10H14N2OS/c1-3-7(2)12-6-4-5-8(9(11)14)10(12)13/h4-7H,3H2,1-2H3,(H2,11,14). The molecule has 0 saturated heterocycles. The summed E-state index contributed by atoms with van der Waals surface area (Å²) in [4.78, 5) is 12.0. The third-order valence-corrected chi connectivity index (χ3v) is 2.53. The molecule has 1 unspecified atom stereocenters. The van der Waals surface area contributed by atoms with Crippen molar-refractivity contribution in [3.63, 3.8) is 0 Å². The highest BCUT2D eigenvalue weighted by Crippen LogP contribution is 2.06. The normalized spacial score (nSPS) is 12.4. The second kappa shape index (κ2) is 4.37. The summed E-state index contributed by atoms with van der Waals surface area (Å²) in [5, 5.41) is 0. The monoisotopic (exact) mass is 210 g/mol. The van der Waals surface area contributed by atoms with Crippen LogP contribution in [0.3, 0.4) is 0 Å². The van der Waals surface area contributed by atoms with Gasteiger partial charge in [-0.15, -0.1) is 0 Å². The van der Waals surface area contributed by atoms with Crippen molar-refractivity contribution in [2.45, 2.75) is 26.3 Å². The number of rotatable bonds is 3. The molecule has 0 bridgehead atoms. The van der Waals surface area contributed by atoms with Crippen LogP contribution in [0.4, 0.5) is 0 Å². The van der Waals surface area contributed by atoms with Crippen molar-refractivity contribution in [2.75, 3.05) is 0 Å². The van der Waals surface area contributed by atoms with Gasteiger partial charge < -0.3 is 10.3 Å². The lowest BCUT2D eigenvalue weighted by Crippen LogP contribution is -2.29. The Hall–Kier alpha value is -1.16. The minimum Gasteiger partial charge on any atom is -0.389 e. The van der Waals surface area contributed by atoms with E-state index in [-0.39, 0.29) is 16.6 Å². The SMILES string of the molecule is CCC(C)n1cccc(C(N)=S)c1=O. The van der Waals surface area contributed by atoms with Gasteiger partial charge in [-0.1, -0.05) is 19.1 Å². The predicted molar refractivity (Wildman–Crippen MR) is 61.6 cm³/mol. The molecule has 1 aromatic rings. The van der Waals surface area contributed by atoms with Crippen molar-refractivity contribution in [3.8, 4) is 0 Å². The van der Waals surface area contributed by atoms with E-state index in [1.807, 2.05) is 13.8 Å². The maximum absolute atomic E-state index is 11.8. The molecule has 0 fully saturated rings. The first-order valence-electron chi connectivity index (χ1n) is 4.58. The van der Waals surface area contributed by atoms with Crippen LogP contribution in [0.5, 0.6) is 0 Å². The highest BCUT2D eigenvalue weighted by atomic mass is 32.1. The maximum Gasteiger partial charge on any atom is 0.261 e. The molecule has 0 aliphatic rings. The van der Waals surface area contributed by atoms with Gasteiger partial charge in [0, 0.05) is 12.2 Å². The van der Waals surface area contributed by atoms with Crippen molar-refractivity contribution in [1.82, 2.24) is 4.57 Å². The summed E-state index contributed by atoms with van der Waals surface area (Å²) in [5.41, 5.74) is 5.76. The average molecular weight is 210 g/mol. The molecule has 2 N–H and O–H groups in total. The van der Waals surface area contributed by atoms with E-state index in [1.54, 1.807) is 22.9 Å². The van der Waals surface area contributed by atoms with Gasteiger partial charge in [-0.05, 0) is 25.5 Å². The molecular weight excluding hydrogens is 196 g/mol. The van der Waals surface area contributed by atoms with E-state index in [0.717, 1.165) is 6.42 Å². The van der Waals surface area contributed by atoms with E-state index in [2.05, 4.69) is 0 Å². The van der Waals surface area contributed by atoms with Gasteiger partial charge in [0.25, 0.3) is 5.56 Å². The molecule has 1 aromatic heterocycles. The molecule has 0 amide bonds. The summed E-state index contributed by atoms with van der Waals surface area (Å²) >= 11 is 4.80. The van der Waals surface area contributed by atoms with Gasteiger partial charge in [0.05, 0.1) is 5.56 Å². The highest BCUT2D eigenvalue weighted by molar-refractivity contribution is 7.80. The average Bonchev–Trinajstić information content (AvgIpc) is 2.16. The first-order chi connectivity index (χ1) is 6.57. The van der Waals surface area contributed by atoms with Crippen LogP contribution >= 0.6 is 12.2 Å². The Balaban J connectivity index is 3.28. The van der Waals surface area contributed by atoms with Gasteiger partial charge >= 0.3 is 0 Å². The van der Waals surface area contributed by atoms with Crippen LogP contribution in [-0.2, 0) is 0 Å². The minimum absolute atomic E-state index is 0.102. The molecule has 0 radical (unpaired) electrons. The first kappa shape index (κ1) is 10.9. The molecule has 0 aromatic carbocycles. The molecule has 1 rings (SSSR count). The molecule has 0 saturated carbocycles. The smallest absolute Gasteiger partial charge is 0.261 e. The van der Waals surface area contributed by atoms with Crippen LogP contribution in [0.1, 0.15) is 31.9 Å². The van der Waals surface area contributed by atoms with Crippen LogP contribution in [-0.4, -0.2) is 9.56 Å². The molecule has 0 aliphatic carbocycles. The van der Waals surface area contributed by atoms with Gasteiger partial charge in [-0.25, -0.2) is 0 Å². The molecule has 76 valence electrons. The van der Waals surface area contributed by atoms with Gasteiger partial charge in [0.2, 0.25) is 0 Å². The van der Waals surface area contributed by atoms with Crippen LogP contribution in [0, 0.1) is 0 Å². The van der Waals surface area contributed by atoms with Crippen molar-refractivity contribution in [2.24, 2.45) is 5.73 Å². The molecule has 1 atom stereocenters. The predicted octanol–water partition coefficient (Wildman–Crippen LogP) is 1.45. The molecule has 3 nitrogen and oxygen atoms in total. The number of hydrogen-bond acceptors (Lipinski definition) is 2. The summed E-state index contributed by atoms with van der Waals surface area (Å²) in [7, 11) is 0. The minimum atomic E-state index is -0.102. The van der Waals surface area contributed by atoms with Crippen molar-refractivity contribution < 1.29 is 0 Å². The topological polar surface area (TPSA) is 48.0 Å². The Bertz CT molecular complexity index is 397. The van der Waals surface area contributed by atoms with E-state index in [4.69, 9.17) is 18.0 Å². The lowest BCUT2D eigenvalue weighted by Gasteiger charge is -2.13. The third kappa shape index (κ3) is 2.01. The van der Waals surface area contributed by atoms with Crippen molar-refractivity contribution in [1.29, 1.82) is 0 Å². The second-order valence-electron chi connectivity index (χ2n) is 3.26. The molecule has 14 heavy (non-hydrogen) atoms. The van der Waals surface area contributed by atoms with Crippen molar-refractivity contribution in [3.05, 3.63) is 34.2 Å². The number of pyridine rings is 1. The Morgan fingerprint density at radius 1 is 1.71 bits per heavy atom. The fourth-order valence-electron chi connectivity index (χ4n) is 1.24. The zero-order valence-corrected chi connectivity index (χ0v) is 9.17. The zero-order chi connectivity index (χ0) is 10.7. The quantitative estimate of drug-likeness (QED) is 0.768. The van der Waals surface area contributed by atoms with Crippen LogP contribution < -0.4 is 11.3 Å². The number of aromatic nitrogens is 1. The van der Waals surface area contributed by atoms with Gasteiger partial charge in [0.15, 0.2) is 0 Å². The largest absolute Gasteiger partial charge is 0.389 e. The Kier molecular flexibility index (Phi) is 3.41. The van der Waals surface area contributed by atoms with E-state index in [1.165, 1.54) is 0 Å². The fourth-order valence-corrected chi connectivity index (χ4v) is 1.40. The van der Waals surface area contributed by atoms with Crippen LogP contribution in [0.25, 0.3) is 0 Å². The molecule has 4 heteroatoms. The Morgan fingerprint density at radius 3 is 2.86 bits per heavy atom. The number of thiocarbonyl (C=S) groups is 1. The fraction of sp³-hybridized carbons (Fsp3) is 0.400. The molecule has 0 spiro atoms. The van der Waals surface area contributed by atoms with E-state index < -0.39 is 0 Å². The third-order valence-electron chi connectivity index (χ3n) is 2.31. The maximum atomic E-state index is 11.8. The van der Waals surface area contributed by atoms with E-state index in [9.17, 15) is 4.79 Å². The summed E-state index contributed by atoms with van der Waals surface area (Å²) in [6.07, 6.45) is 2.67. The van der Waals surface area contributed by atoms with E-state index >= 15 is 0 Å². The molecule has 0 aliphatic heterocycles. The summed E-state index contributed by atoms with van der Waals surface area (Å²) in [5.74, 6) is 0. The molecule has 1 heterocycles. The molecular formula is C10H14N2OS. The highest BCUT2D eigenvalue weighted by Gasteiger charge is 2.08. The number of nitrogens with two attached hydrogens (primary N) is 1. The van der Waals surface area contributed by atoms with Crippen LogP contribution in [0.2, 0.25) is 0 Å². The number of hydrogen-bond donors (Lipinski definition) is 1. The summed E-state index contributed by atoms with van der Waals surface area (Å²) in [6, 6.07) is 3.63. The number of nitrogens with zero attached hydrogens (tertiary/aromatic N) is 1. The lowest BCUT2D eigenvalue weighted by molar-refractivity contribution is 0.514. The first-order valence-corrected chi connectivity index (χ1v) is 4.99. The summed E-state index contributed by atoms with van der Waals surface area (Å²) < 4.78 is 1.66. The van der Waals surface area contributed by atoms with Gasteiger partial charge in [0.1, 0.15) is 4.99 Å². The Morgan fingerprint density at radius 2 is 2.36 bits per heavy atom. The zero-order valence-electron chi connectivity index (χ0n) is 8.36. The van der Waals surface area contributed by atoms with E-state index in [0.29, 0.717) is 5.56 Å². The van der Waals surface area contributed by atoms with Crippen LogP contribution in [0.15, 0.2) is 23.1 Å². The van der Waals surface area contributed by atoms with Crippen molar-refractivity contribution >= 4 is 17.2 Å². The lowest BCUT2D eigenvalue weighted by atomic mass is 10.2.